The standard InChI is InChI=1S/C50H53N5O7/c1-48(2,3)60-32-42(52-47(58)61-49(4,5)6)44-53-45(62-55-44)41(51-46(57)59-31-40-38-28-18-16-26-36(38)37-27-17-19-29-39(37)40)30-43(56)54-50(33-20-10-7-11-21-33,34-22-12-8-13-23-34)35-24-14-9-15-25-35/h7-29,40-42H,30-32H2,1-6H3,(H,51,57)(H,52,58)(H,54,56)/t41-,42+/m0/s1. The molecule has 7 rings (SSSR count). The summed E-state index contributed by atoms with van der Waals surface area (Å²) < 4.78 is 23.3. The van der Waals surface area contributed by atoms with Crippen LogP contribution in [0.4, 0.5) is 9.59 Å². The second kappa shape index (κ2) is 18.4. The van der Waals surface area contributed by atoms with Crippen molar-refractivity contribution in [1.29, 1.82) is 0 Å². The lowest BCUT2D eigenvalue weighted by Crippen LogP contribution is -2.48. The van der Waals surface area contributed by atoms with Gasteiger partial charge in [-0.2, -0.15) is 4.98 Å². The van der Waals surface area contributed by atoms with Crippen molar-refractivity contribution < 1.29 is 33.1 Å². The molecule has 0 unspecified atom stereocenters. The maximum atomic E-state index is 14.7. The first-order chi connectivity index (χ1) is 29.7. The first-order valence-corrected chi connectivity index (χ1v) is 20.8. The smallest absolute Gasteiger partial charge is 0.408 e. The van der Waals surface area contributed by atoms with Gasteiger partial charge in [0.25, 0.3) is 0 Å². The Hall–Kier alpha value is -6.79. The summed E-state index contributed by atoms with van der Waals surface area (Å²) >= 11 is 0. The van der Waals surface area contributed by atoms with Crippen molar-refractivity contribution in [2.24, 2.45) is 0 Å². The van der Waals surface area contributed by atoms with Crippen LogP contribution in [0.2, 0.25) is 0 Å². The van der Waals surface area contributed by atoms with Crippen molar-refractivity contribution in [2.45, 2.75) is 82.7 Å². The van der Waals surface area contributed by atoms with E-state index >= 15 is 0 Å². The van der Waals surface area contributed by atoms with E-state index in [1.807, 2.05) is 148 Å². The minimum atomic E-state index is -1.17. The maximum absolute atomic E-state index is 14.7. The lowest BCUT2D eigenvalue weighted by Gasteiger charge is -2.37. The van der Waals surface area contributed by atoms with E-state index in [4.69, 9.17) is 18.7 Å². The number of aromatic nitrogens is 2. The van der Waals surface area contributed by atoms with E-state index in [2.05, 4.69) is 38.2 Å². The molecule has 6 aromatic rings. The Bertz CT molecular complexity index is 2320. The molecule has 12 nitrogen and oxygen atoms in total. The fraction of sp³-hybridized carbons (Fsp3) is 0.300. The van der Waals surface area contributed by atoms with Crippen LogP contribution in [-0.2, 0) is 24.5 Å². The van der Waals surface area contributed by atoms with Crippen LogP contribution in [0.15, 0.2) is 144 Å². The van der Waals surface area contributed by atoms with Gasteiger partial charge in [-0.05, 0) is 80.5 Å². The molecule has 2 atom stereocenters. The zero-order valence-electron chi connectivity index (χ0n) is 35.9. The third-order valence-electron chi connectivity index (χ3n) is 10.4. The van der Waals surface area contributed by atoms with Gasteiger partial charge in [0.1, 0.15) is 29.8 Å². The molecule has 0 saturated carbocycles. The Labute approximate surface area is 362 Å². The molecule has 320 valence electrons. The molecule has 5 aromatic carbocycles. The Kier molecular flexibility index (Phi) is 12.9. The van der Waals surface area contributed by atoms with E-state index in [1.54, 1.807) is 20.8 Å². The predicted octanol–water partition coefficient (Wildman–Crippen LogP) is 9.53. The number of benzene rings is 5. The predicted molar refractivity (Wildman–Crippen MR) is 235 cm³/mol. The van der Waals surface area contributed by atoms with Crippen molar-refractivity contribution in [3.05, 3.63) is 179 Å². The summed E-state index contributed by atoms with van der Waals surface area (Å²) in [5, 5.41) is 13.2. The summed E-state index contributed by atoms with van der Waals surface area (Å²) in [6.07, 6.45) is -1.83. The van der Waals surface area contributed by atoms with Crippen LogP contribution in [0.1, 0.15) is 105 Å². The molecule has 3 amide bonds. The highest BCUT2D eigenvalue weighted by atomic mass is 16.6. The van der Waals surface area contributed by atoms with E-state index in [-0.39, 0.29) is 37.3 Å². The minimum absolute atomic E-state index is 0.0274. The van der Waals surface area contributed by atoms with Crippen LogP contribution in [-0.4, -0.2) is 52.7 Å². The van der Waals surface area contributed by atoms with Crippen molar-refractivity contribution >= 4 is 18.1 Å². The zero-order chi connectivity index (χ0) is 43.9. The fourth-order valence-corrected chi connectivity index (χ4v) is 7.70. The summed E-state index contributed by atoms with van der Waals surface area (Å²) in [4.78, 5) is 46.3. The van der Waals surface area contributed by atoms with Gasteiger partial charge in [0.15, 0.2) is 5.82 Å². The first-order valence-electron chi connectivity index (χ1n) is 20.8. The second-order valence-electron chi connectivity index (χ2n) is 17.2. The molecule has 0 spiro atoms. The van der Waals surface area contributed by atoms with Crippen LogP contribution in [0.25, 0.3) is 11.1 Å². The third kappa shape index (κ3) is 10.2. The molecule has 0 saturated heterocycles. The van der Waals surface area contributed by atoms with Crippen LogP contribution < -0.4 is 16.0 Å². The number of hydrogen-bond acceptors (Lipinski definition) is 9. The normalized spacial score (nSPS) is 13.6. The molecule has 12 heteroatoms. The van der Waals surface area contributed by atoms with Gasteiger partial charge in [0.05, 0.1) is 18.6 Å². The molecule has 3 N–H and O–H groups in total. The van der Waals surface area contributed by atoms with Gasteiger partial charge in [0, 0.05) is 5.92 Å². The summed E-state index contributed by atoms with van der Waals surface area (Å²) in [7, 11) is 0. The summed E-state index contributed by atoms with van der Waals surface area (Å²) in [5.41, 5.74) is 4.27. The zero-order valence-corrected chi connectivity index (χ0v) is 35.9. The molecule has 0 fully saturated rings. The number of rotatable bonds is 14. The highest BCUT2D eigenvalue weighted by molar-refractivity contribution is 5.81. The number of hydrogen-bond donors (Lipinski definition) is 3. The van der Waals surface area contributed by atoms with E-state index in [0.717, 1.165) is 38.9 Å². The molecule has 62 heavy (non-hydrogen) atoms. The maximum Gasteiger partial charge on any atom is 0.408 e. The van der Waals surface area contributed by atoms with Gasteiger partial charge < -0.3 is 34.7 Å². The molecule has 1 heterocycles. The number of nitrogens with zero attached hydrogens (tertiary/aromatic N) is 2. The van der Waals surface area contributed by atoms with Crippen molar-refractivity contribution in [1.82, 2.24) is 26.1 Å². The van der Waals surface area contributed by atoms with E-state index < -0.39 is 46.9 Å². The number of amides is 3. The van der Waals surface area contributed by atoms with Gasteiger partial charge in [-0.1, -0.05) is 145 Å². The lowest BCUT2D eigenvalue weighted by atomic mass is 9.77. The molecular weight excluding hydrogens is 783 g/mol. The van der Waals surface area contributed by atoms with Gasteiger partial charge >= 0.3 is 12.2 Å². The Morgan fingerprint density at radius 1 is 0.629 bits per heavy atom. The summed E-state index contributed by atoms with van der Waals surface area (Å²) in [6.45, 7) is 10.9. The number of carbonyl (C=O) groups excluding carboxylic acids is 3. The van der Waals surface area contributed by atoms with Gasteiger partial charge in [0.2, 0.25) is 11.8 Å². The first kappa shape index (κ1) is 43.3. The van der Waals surface area contributed by atoms with Crippen molar-refractivity contribution in [3.8, 4) is 11.1 Å². The monoisotopic (exact) mass is 835 g/mol. The topological polar surface area (TPSA) is 154 Å². The van der Waals surface area contributed by atoms with E-state index in [1.165, 1.54) is 0 Å². The molecule has 1 aliphatic rings. The van der Waals surface area contributed by atoms with Crippen LogP contribution in [0.3, 0.4) is 0 Å². The molecular formula is C50H53N5O7. The van der Waals surface area contributed by atoms with Crippen LogP contribution in [0.5, 0.6) is 0 Å². The highest BCUT2D eigenvalue weighted by Gasteiger charge is 2.39. The fourth-order valence-electron chi connectivity index (χ4n) is 7.70. The second-order valence-corrected chi connectivity index (χ2v) is 17.2. The molecule has 1 aromatic heterocycles. The van der Waals surface area contributed by atoms with E-state index in [9.17, 15) is 14.4 Å². The Balaban J connectivity index is 1.21. The molecule has 1 aliphatic carbocycles. The number of fused-ring (bicyclic) bond motifs is 3. The third-order valence-corrected chi connectivity index (χ3v) is 10.4. The van der Waals surface area contributed by atoms with E-state index in [0.29, 0.717) is 0 Å². The SMILES string of the molecule is CC(C)(C)OC[C@@H](NC(=O)OC(C)(C)C)c1noc([C@H](CC(=O)NC(c2ccccc2)(c2ccccc2)c2ccccc2)NC(=O)OCC2c3ccccc3-c3ccccc32)n1. The minimum Gasteiger partial charge on any atom is -0.449 e. The summed E-state index contributed by atoms with van der Waals surface area (Å²) in [6, 6.07) is 43.2. The average molecular weight is 836 g/mol. The van der Waals surface area contributed by atoms with Gasteiger partial charge in [-0.3, -0.25) is 4.79 Å². The molecule has 0 aliphatic heterocycles. The van der Waals surface area contributed by atoms with Crippen LogP contribution in [0, 0.1) is 0 Å². The molecule has 0 radical (unpaired) electrons. The van der Waals surface area contributed by atoms with Crippen molar-refractivity contribution in [2.75, 3.05) is 13.2 Å². The average Bonchev–Trinajstić information content (AvgIpc) is 3.87. The Morgan fingerprint density at radius 2 is 1.11 bits per heavy atom. The van der Waals surface area contributed by atoms with Gasteiger partial charge in [-0.15, -0.1) is 0 Å². The quantitative estimate of drug-likeness (QED) is 0.0911. The number of alkyl carbamates (subject to hydrolysis) is 2. The Morgan fingerprint density at radius 3 is 1.61 bits per heavy atom. The van der Waals surface area contributed by atoms with Crippen LogP contribution >= 0.6 is 0 Å². The number of ether oxygens (including phenoxy) is 3. The van der Waals surface area contributed by atoms with Gasteiger partial charge in [-0.25, -0.2) is 9.59 Å². The lowest BCUT2D eigenvalue weighted by molar-refractivity contribution is -0.123. The largest absolute Gasteiger partial charge is 0.449 e. The number of nitrogens with one attached hydrogen (secondary N) is 3. The summed E-state index contributed by atoms with van der Waals surface area (Å²) in [5.74, 6) is -0.664. The highest BCUT2D eigenvalue weighted by Crippen LogP contribution is 2.44. The van der Waals surface area contributed by atoms with Crippen molar-refractivity contribution in [3.63, 3.8) is 0 Å². The number of carbonyl (C=O) groups is 3. The molecule has 0 bridgehead atoms.